The first-order chi connectivity index (χ1) is 9.94. The van der Waals surface area contributed by atoms with Crippen molar-refractivity contribution in [3.8, 4) is 0 Å². The van der Waals surface area contributed by atoms with Gasteiger partial charge in [-0.3, -0.25) is 0 Å². The molecule has 120 valence electrons. The van der Waals surface area contributed by atoms with E-state index in [1.807, 2.05) is 0 Å². The maximum Gasteiger partial charge on any atom is 0.244 e. The molecule has 1 aromatic heterocycles. The Morgan fingerprint density at radius 3 is 2.67 bits per heavy atom. The van der Waals surface area contributed by atoms with Gasteiger partial charge in [-0.2, -0.15) is 0 Å². The van der Waals surface area contributed by atoms with Crippen molar-refractivity contribution >= 4 is 31.8 Å². The molecule has 0 radical (unpaired) electrons. The Balaban J connectivity index is 2.84. The van der Waals surface area contributed by atoms with Crippen LogP contribution in [0, 0.1) is 5.92 Å². The smallest absolute Gasteiger partial charge is 0.244 e. The largest absolute Gasteiger partial charge is 0.372 e. The van der Waals surface area contributed by atoms with Crippen molar-refractivity contribution in [2.75, 3.05) is 18.9 Å². The molecule has 0 aromatic carbocycles. The third-order valence-corrected chi connectivity index (χ3v) is 5.32. The van der Waals surface area contributed by atoms with Gasteiger partial charge in [-0.25, -0.2) is 18.1 Å². The van der Waals surface area contributed by atoms with Crippen LogP contribution in [0.15, 0.2) is 21.6 Å². The number of nitrogens with zero attached hydrogens (tertiary/aromatic N) is 1. The average Bonchev–Trinajstić information content (AvgIpc) is 2.47. The summed E-state index contributed by atoms with van der Waals surface area (Å²) in [6.07, 6.45) is 5.84. The maximum absolute atomic E-state index is 12.4. The van der Waals surface area contributed by atoms with Crippen LogP contribution >= 0.6 is 15.9 Å². The molecule has 1 rings (SSSR count). The SMILES string of the molecule is CCCCC(CC)CNS(=O)(=O)c1cc(Br)cnc1NC. The first kappa shape index (κ1) is 18.4. The van der Waals surface area contributed by atoms with E-state index in [-0.39, 0.29) is 4.90 Å². The molecular formula is C14H24BrN3O2S. The normalized spacial score (nSPS) is 13.1. The minimum atomic E-state index is -3.56. The summed E-state index contributed by atoms with van der Waals surface area (Å²) in [6, 6.07) is 1.56. The van der Waals surface area contributed by atoms with Crippen LogP contribution in [0.4, 0.5) is 5.82 Å². The van der Waals surface area contributed by atoms with E-state index in [0.29, 0.717) is 22.8 Å². The fourth-order valence-electron chi connectivity index (χ4n) is 2.06. The number of anilines is 1. The summed E-state index contributed by atoms with van der Waals surface area (Å²) in [5.74, 6) is 0.727. The van der Waals surface area contributed by atoms with Crippen molar-refractivity contribution in [1.29, 1.82) is 0 Å². The monoisotopic (exact) mass is 377 g/mol. The Hall–Kier alpha value is -0.660. The van der Waals surface area contributed by atoms with E-state index in [2.05, 4.69) is 44.8 Å². The molecule has 0 aliphatic rings. The van der Waals surface area contributed by atoms with E-state index in [0.717, 1.165) is 25.7 Å². The third-order valence-electron chi connectivity index (χ3n) is 3.45. The standard InChI is InChI=1S/C14H24BrN3O2S/c1-4-6-7-11(5-2)9-18-21(19,20)13-8-12(15)10-17-14(13)16-3/h8,10-11,18H,4-7,9H2,1-3H3,(H,16,17). The number of rotatable bonds is 9. The van der Waals surface area contributed by atoms with Gasteiger partial charge in [0.25, 0.3) is 0 Å². The van der Waals surface area contributed by atoms with Gasteiger partial charge in [0.15, 0.2) is 0 Å². The van der Waals surface area contributed by atoms with Gasteiger partial charge in [0.2, 0.25) is 10.0 Å². The summed E-state index contributed by atoms with van der Waals surface area (Å²) in [7, 11) is -1.90. The molecule has 0 aliphatic carbocycles. The lowest BCUT2D eigenvalue weighted by Crippen LogP contribution is -2.30. The fourth-order valence-corrected chi connectivity index (χ4v) is 3.85. The molecule has 1 unspecified atom stereocenters. The molecule has 0 fully saturated rings. The van der Waals surface area contributed by atoms with E-state index in [9.17, 15) is 8.42 Å². The number of unbranched alkanes of at least 4 members (excludes halogenated alkanes) is 1. The molecule has 0 saturated heterocycles. The van der Waals surface area contributed by atoms with E-state index in [4.69, 9.17) is 0 Å². The average molecular weight is 378 g/mol. The molecule has 2 N–H and O–H groups in total. The number of aromatic nitrogens is 1. The number of hydrogen-bond acceptors (Lipinski definition) is 4. The second kappa shape index (κ2) is 8.70. The highest BCUT2D eigenvalue weighted by molar-refractivity contribution is 9.10. The summed E-state index contributed by atoms with van der Waals surface area (Å²) in [5, 5.41) is 2.81. The zero-order chi connectivity index (χ0) is 15.9. The van der Waals surface area contributed by atoms with Gasteiger partial charge in [-0.1, -0.05) is 33.1 Å². The van der Waals surface area contributed by atoms with Crippen molar-refractivity contribution in [3.63, 3.8) is 0 Å². The molecule has 1 heterocycles. The number of hydrogen-bond donors (Lipinski definition) is 2. The van der Waals surface area contributed by atoms with Gasteiger partial charge in [-0.15, -0.1) is 0 Å². The molecule has 7 heteroatoms. The topological polar surface area (TPSA) is 71.1 Å². The van der Waals surface area contributed by atoms with E-state index < -0.39 is 10.0 Å². The van der Waals surface area contributed by atoms with E-state index in [1.54, 1.807) is 19.3 Å². The minimum Gasteiger partial charge on any atom is -0.372 e. The molecule has 5 nitrogen and oxygen atoms in total. The predicted molar refractivity (Wildman–Crippen MR) is 90.0 cm³/mol. The molecule has 0 aliphatic heterocycles. The van der Waals surface area contributed by atoms with Gasteiger partial charge >= 0.3 is 0 Å². The first-order valence-corrected chi connectivity index (χ1v) is 9.55. The lowest BCUT2D eigenvalue weighted by Gasteiger charge is -2.16. The second-order valence-electron chi connectivity index (χ2n) is 5.02. The van der Waals surface area contributed by atoms with Crippen LogP contribution in [0.5, 0.6) is 0 Å². The van der Waals surface area contributed by atoms with Crippen molar-refractivity contribution in [2.45, 2.75) is 44.4 Å². The summed E-state index contributed by atoms with van der Waals surface area (Å²) in [5.41, 5.74) is 0. The van der Waals surface area contributed by atoms with Crippen LogP contribution in [0.25, 0.3) is 0 Å². The molecule has 21 heavy (non-hydrogen) atoms. The van der Waals surface area contributed by atoms with Gasteiger partial charge < -0.3 is 5.32 Å². The van der Waals surface area contributed by atoms with Gasteiger partial charge in [0, 0.05) is 24.3 Å². The number of halogens is 1. The van der Waals surface area contributed by atoms with Crippen molar-refractivity contribution in [2.24, 2.45) is 5.92 Å². The quantitative estimate of drug-likeness (QED) is 0.691. The second-order valence-corrected chi connectivity index (χ2v) is 7.67. The lowest BCUT2D eigenvalue weighted by atomic mass is 10.00. The summed E-state index contributed by atoms with van der Waals surface area (Å²) < 4.78 is 28.2. The zero-order valence-electron chi connectivity index (χ0n) is 12.8. The van der Waals surface area contributed by atoms with Crippen molar-refractivity contribution in [3.05, 3.63) is 16.7 Å². The molecule has 1 atom stereocenters. The van der Waals surface area contributed by atoms with E-state index >= 15 is 0 Å². The molecular weight excluding hydrogens is 354 g/mol. The van der Waals surface area contributed by atoms with Crippen LogP contribution in [0.2, 0.25) is 0 Å². The van der Waals surface area contributed by atoms with E-state index in [1.165, 1.54) is 0 Å². The van der Waals surface area contributed by atoms with Gasteiger partial charge in [0.05, 0.1) is 0 Å². The Labute approximate surface area is 136 Å². The summed E-state index contributed by atoms with van der Waals surface area (Å²) in [6.45, 7) is 4.70. The Morgan fingerprint density at radius 2 is 2.10 bits per heavy atom. The third kappa shape index (κ3) is 5.56. The van der Waals surface area contributed by atoms with Crippen LogP contribution in [-0.4, -0.2) is 27.0 Å². The molecule has 0 saturated carbocycles. The van der Waals surface area contributed by atoms with Crippen LogP contribution in [0.3, 0.4) is 0 Å². The van der Waals surface area contributed by atoms with Crippen LogP contribution in [0.1, 0.15) is 39.5 Å². The number of sulfonamides is 1. The predicted octanol–water partition coefficient (Wildman–Crippen LogP) is 3.38. The molecule has 0 spiro atoms. The molecule has 0 bridgehead atoms. The van der Waals surface area contributed by atoms with Crippen molar-refractivity contribution in [1.82, 2.24) is 9.71 Å². The van der Waals surface area contributed by atoms with Crippen LogP contribution in [-0.2, 0) is 10.0 Å². The highest BCUT2D eigenvalue weighted by atomic mass is 79.9. The zero-order valence-corrected chi connectivity index (χ0v) is 15.2. The fraction of sp³-hybridized carbons (Fsp3) is 0.643. The highest BCUT2D eigenvalue weighted by Crippen LogP contribution is 2.23. The molecule has 1 aromatic rings. The minimum absolute atomic E-state index is 0.171. The first-order valence-electron chi connectivity index (χ1n) is 7.27. The highest BCUT2D eigenvalue weighted by Gasteiger charge is 2.20. The maximum atomic E-state index is 12.4. The Kier molecular flexibility index (Phi) is 7.62. The number of pyridine rings is 1. The van der Waals surface area contributed by atoms with Crippen LogP contribution < -0.4 is 10.0 Å². The molecule has 0 amide bonds. The van der Waals surface area contributed by atoms with Crippen molar-refractivity contribution < 1.29 is 8.42 Å². The van der Waals surface area contributed by atoms with Gasteiger partial charge in [0.1, 0.15) is 10.7 Å². The van der Waals surface area contributed by atoms with Gasteiger partial charge in [-0.05, 0) is 34.3 Å². The summed E-state index contributed by atoms with van der Waals surface area (Å²) >= 11 is 3.26. The lowest BCUT2D eigenvalue weighted by molar-refractivity contribution is 0.444. The Bertz CT molecular complexity index is 549. The number of nitrogens with one attached hydrogen (secondary N) is 2. The summed E-state index contributed by atoms with van der Waals surface area (Å²) in [4.78, 5) is 4.25. The Morgan fingerprint density at radius 1 is 1.38 bits per heavy atom.